The average molecular weight is 160 g/mol. The molecule has 0 aliphatic heterocycles. The zero-order valence-corrected chi connectivity index (χ0v) is 6.53. The van der Waals surface area contributed by atoms with E-state index in [1.165, 1.54) is 12.8 Å². The molecule has 3 heteroatoms. The predicted molar refractivity (Wildman–Crippen MR) is 44.0 cm³/mol. The molecule has 0 atom stereocenters. The summed E-state index contributed by atoms with van der Waals surface area (Å²) in [6.45, 7) is 0. The van der Waals surface area contributed by atoms with Gasteiger partial charge in [-0.05, 0) is 30.4 Å². The molecular weight excluding hydrogens is 152 g/mol. The Morgan fingerprint density at radius 2 is 2.42 bits per heavy atom. The van der Waals surface area contributed by atoms with Gasteiger partial charge >= 0.3 is 0 Å². The molecule has 0 bridgehead atoms. The van der Waals surface area contributed by atoms with Crippen molar-refractivity contribution in [2.45, 2.75) is 18.8 Å². The quantitative estimate of drug-likeness (QED) is 0.490. The van der Waals surface area contributed by atoms with Gasteiger partial charge in [-0.1, -0.05) is 0 Å². The van der Waals surface area contributed by atoms with Crippen molar-refractivity contribution in [3.8, 4) is 0 Å². The first kappa shape index (κ1) is 7.19. The standard InChI is InChI=1S/C9H8N2O/c12-6-11-9-5-10-4-3-8(9)7-1-2-7/h3-5,7H,1-2H2. The number of hydrogen-bond acceptors (Lipinski definition) is 3. The smallest absolute Gasteiger partial charge is 0.240 e. The van der Waals surface area contributed by atoms with Crippen LogP contribution in [0.5, 0.6) is 0 Å². The molecule has 3 nitrogen and oxygen atoms in total. The van der Waals surface area contributed by atoms with E-state index in [4.69, 9.17) is 0 Å². The van der Waals surface area contributed by atoms with Crippen LogP contribution < -0.4 is 0 Å². The van der Waals surface area contributed by atoms with Crippen LogP contribution in [0.25, 0.3) is 0 Å². The molecule has 2 rings (SSSR count). The second kappa shape index (κ2) is 2.88. The van der Waals surface area contributed by atoms with Gasteiger partial charge in [0.1, 0.15) is 0 Å². The number of hydrogen-bond donors (Lipinski definition) is 0. The van der Waals surface area contributed by atoms with E-state index in [9.17, 15) is 4.79 Å². The number of pyridine rings is 1. The molecule has 1 saturated carbocycles. The Labute approximate surface area is 70.2 Å². The van der Waals surface area contributed by atoms with E-state index >= 15 is 0 Å². The van der Waals surface area contributed by atoms with E-state index in [0.29, 0.717) is 11.6 Å². The van der Waals surface area contributed by atoms with E-state index in [-0.39, 0.29) is 0 Å². The molecule has 1 aliphatic rings. The minimum absolute atomic E-state index is 0.597. The van der Waals surface area contributed by atoms with Gasteiger partial charge in [-0.2, -0.15) is 4.99 Å². The fourth-order valence-electron chi connectivity index (χ4n) is 1.28. The normalized spacial score (nSPS) is 15.3. The van der Waals surface area contributed by atoms with Gasteiger partial charge in [0.15, 0.2) is 0 Å². The molecule has 12 heavy (non-hydrogen) atoms. The first-order valence-corrected chi connectivity index (χ1v) is 3.93. The van der Waals surface area contributed by atoms with E-state index in [1.807, 2.05) is 6.07 Å². The van der Waals surface area contributed by atoms with Crippen LogP contribution in [0.4, 0.5) is 5.69 Å². The van der Waals surface area contributed by atoms with Crippen LogP contribution in [0.1, 0.15) is 24.3 Å². The summed E-state index contributed by atoms with van der Waals surface area (Å²) in [4.78, 5) is 17.6. The minimum atomic E-state index is 0.597. The second-order valence-electron chi connectivity index (χ2n) is 2.91. The van der Waals surface area contributed by atoms with Crippen molar-refractivity contribution >= 4 is 11.8 Å². The summed E-state index contributed by atoms with van der Waals surface area (Å²) in [7, 11) is 0. The fraction of sp³-hybridized carbons (Fsp3) is 0.333. The summed E-state index contributed by atoms with van der Waals surface area (Å²) in [6.07, 6.45) is 7.28. The lowest BCUT2D eigenvalue weighted by molar-refractivity contribution is 0.565. The first-order chi connectivity index (χ1) is 5.92. The Bertz CT molecular complexity index is 338. The molecular formula is C9H8N2O. The molecule has 1 heterocycles. The maximum atomic E-state index is 10.1. The van der Waals surface area contributed by atoms with E-state index in [2.05, 4.69) is 9.98 Å². The number of carbonyl (C=O) groups excluding carboxylic acids is 1. The first-order valence-electron chi connectivity index (χ1n) is 3.93. The number of rotatable bonds is 2. The van der Waals surface area contributed by atoms with Crippen molar-refractivity contribution in [1.29, 1.82) is 0 Å². The minimum Gasteiger partial charge on any atom is -0.262 e. The number of isocyanates is 1. The van der Waals surface area contributed by atoms with Crippen molar-refractivity contribution in [2.24, 2.45) is 4.99 Å². The summed E-state index contributed by atoms with van der Waals surface area (Å²) in [5.74, 6) is 0.597. The summed E-state index contributed by atoms with van der Waals surface area (Å²) in [5.41, 5.74) is 1.81. The van der Waals surface area contributed by atoms with Crippen LogP contribution in [0, 0.1) is 0 Å². The van der Waals surface area contributed by atoms with Gasteiger partial charge in [-0.3, -0.25) is 4.98 Å². The van der Waals surface area contributed by atoms with Gasteiger partial charge in [0.25, 0.3) is 0 Å². The molecule has 1 aromatic rings. The lowest BCUT2D eigenvalue weighted by Gasteiger charge is -1.98. The molecule has 0 saturated heterocycles. The highest BCUT2D eigenvalue weighted by Crippen LogP contribution is 2.43. The summed E-state index contributed by atoms with van der Waals surface area (Å²) in [5, 5.41) is 0. The molecule has 1 aliphatic carbocycles. The van der Waals surface area contributed by atoms with Crippen molar-refractivity contribution in [1.82, 2.24) is 4.98 Å². The predicted octanol–water partition coefficient (Wildman–Crippen LogP) is 1.93. The summed E-state index contributed by atoms with van der Waals surface area (Å²) in [6, 6.07) is 1.92. The lowest BCUT2D eigenvalue weighted by atomic mass is 10.1. The van der Waals surface area contributed by atoms with Gasteiger partial charge in [0.05, 0.1) is 11.9 Å². The Balaban J connectivity index is 2.42. The Morgan fingerprint density at radius 1 is 1.58 bits per heavy atom. The number of aromatic nitrogens is 1. The Hall–Kier alpha value is -1.47. The summed E-state index contributed by atoms with van der Waals surface area (Å²) < 4.78 is 0. The molecule has 60 valence electrons. The fourth-order valence-corrected chi connectivity index (χ4v) is 1.28. The maximum Gasteiger partial charge on any atom is 0.240 e. The summed E-state index contributed by atoms with van der Waals surface area (Å²) >= 11 is 0. The Kier molecular flexibility index (Phi) is 1.72. The molecule has 0 amide bonds. The van der Waals surface area contributed by atoms with Crippen molar-refractivity contribution in [3.63, 3.8) is 0 Å². The molecule has 0 unspecified atom stereocenters. The molecule has 0 spiro atoms. The highest BCUT2D eigenvalue weighted by atomic mass is 16.1. The highest BCUT2D eigenvalue weighted by Gasteiger charge is 2.25. The Morgan fingerprint density at radius 3 is 3.08 bits per heavy atom. The van der Waals surface area contributed by atoms with Crippen molar-refractivity contribution < 1.29 is 4.79 Å². The van der Waals surface area contributed by atoms with Crippen LogP contribution in [0.15, 0.2) is 23.5 Å². The zero-order valence-electron chi connectivity index (χ0n) is 6.53. The molecule has 0 radical (unpaired) electrons. The number of aliphatic imine (C=N–C) groups is 1. The van der Waals surface area contributed by atoms with Crippen molar-refractivity contribution in [2.75, 3.05) is 0 Å². The highest BCUT2D eigenvalue weighted by molar-refractivity contribution is 5.54. The van der Waals surface area contributed by atoms with Gasteiger partial charge in [-0.25, -0.2) is 4.79 Å². The second-order valence-corrected chi connectivity index (χ2v) is 2.91. The maximum absolute atomic E-state index is 10.1. The van der Waals surface area contributed by atoms with Gasteiger partial charge < -0.3 is 0 Å². The van der Waals surface area contributed by atoms with Gasteiger partial charge in [0, 0.05) is 6.20 Å². The van der Waals surface area contributed by atoms with Crippen LogP contribution >= 0.6 is 0 Å². The zero-order chi connectivity index (χ0) is 8.39. The molecule has 0 N–H and O–H groups in total. The molecule has 1 aromatic heterocycles. The van der Waals surface area contributed by atoms with Gasteiger partial charge in [-0.15, -0.1) is 0 Å². The van der Waals surface area contributed by atoms with Crippen LogP contribution in [0.2, 0.25) is 0 Å². The largest absolute Gasteiger partial charge is 0.262 e. The third-order valence-electron chi connectivity index (χ3n) is 2.02. The monoisotopic (exact) mass is 160 g/mol. The lowest BCUT2D eigenvalue weighted by Crippen LogP contribution is -1.81. The molecule has 0 aromatic carbocycles. The van der Waals surface area contributed by atoms with Crippen LogP contribution in [0.3, 0.4) is 0 Å². The third-order valence-corrected chi connectivity index (χ3v) is 2.02. The number of nitrogens with zero attached hydrogens (tertiary/aromatic N) is 2. The topological polar surface area (TPSA) is 42.3 Å². The van der Waals surface area contributed by atoms with Gasteiger partial charge in [0.2, 0.25) is 6.08 Å². The van der Waals surface area contributed by atoms with E-state index in [0.717, 1.165) is 5.56 Å². The van der Waals surface area contributed by atoms with E-state index < -0.39 is 0 Å². The van der Waals surface area contributed by atoms with Crippen LogP contribution in [-0.2, 0) is 4.79 Å². The van der Waals surface area contributed by atoms with Crippen molar-refractivity contribution in [3.05, 3.63) is 24.0 Å². The van der Waals surface area contributed by atoms with E-state index in [1.54, 1.807) is 18.5 Å². The van der Waals surface area contributed by atoms with Crippen LogP contribution in [-0.4, -0.2) is 11.1 Å². The third kappa shape index (κ3) is 1.27. The SMILES string of the molecule is O=C=Nc1cnccc1C1CC1. The molecule has 1 fully saturated rings. The average Bonchev–Trinajstić information content (AvgIpc) is 2.89.